The molecule has 3 rings (SSSR count). The summed E-state index contributed by atoms with van der Waals surface area (Å²) in [4.78, 5) is 16.1. The molecule has 0 aromatic heterocycles. The van der Waals surface area contributed by atoms with Gasteiger partial charge < -0.3 is 19.1 Å². The first kappa shape index (κ1) is 19.4. The van der Waals surface area contributed by atoms with Gasteiger partial charge in [0.1, 0.15) is 0 Å². The molecule has 2 aromatic rings. The first-order chi connectivity index (χ1) is 13.2. The van der Waals surface area contributed by atoms with Crippen LogP contribution in [-0.4, -0.2) is 44.9 Å². The Morgan fingerprint density at radius 1 is 1.11 bits per heavy atom. The number of rotatable bonds is 5. The lowest BCUT2D eigenvalue weighted by atomic mass is 10.0. The van der Waals surface area contributed by atoms with E-state index in [1.54, 1.807) is 30.9 Å². The topological polar surface area (TPSA) is 48.0 Å². The Morgan fingerprint density at radius 2 is 1.85 bits per heavy atom. The summed E-state index contributed by atoms with van der Waals surface area (Å²) in [6, 6.07) is 12.3. The van der Waals surface area contributed by atoms with Gasteiger partial charge in [-0.1, -0.05) is 30.0 Å². The van der Waals surface area contributed by atoms with Gasteiger partial charge >= 0.3 is 6.09 Å². The normalized spacial score (nSPS) is 13.5. The smallest absolute Gasteiger partial charge is 0.409 e. The highest BCUT2D eigenvalue weighted by Crippen LogP contribution is 2.45. The standard InChI is InChI=1S/C21H25NO4S/c1-4-26-21(23)22-12-10-15-14-18(24-2)19(25-3)20(17(15)11-13-22)27-16-8-6-5-7-9-16/h5-9,14H,4,10-13H2,1-3H3. The molecule has 0 saturated heterocycles. The quantitative estimate of drug-likeness (QED) is 0.760. The third kappa shape index (κ3) is 4.33. The van der Waals surface area contributed by atoms with E-state index in [1.807, 2.05) is 31.2 Å². The number of benzene rings is 2. The molecular weight excluding hydrogens is 362 g/mol. The van der Waals surface area contributed by atoms with Crippen molar-refractivity contribution in [3.05, 3.63) is 47.5 Å². The Hall–Kier alpha value is -2.34. The highest BCUT2D eigenvalue weighted by Gasteiger charge is 2.25. The molecule has 1 aliphatic rings. The van der Waals surface area contributed by atoms with Crippen molar-refractivity contribution < 1.29 is 19.0 Å². The second-order valence-corrected chi connectivity index (χ2v) is 7.26. The Bertz CT molecular complexity index is 795. The monoisotopic (exact) mass is 387 g/mol. The van der Waals surface area contributed by atoms with Gasteiger partial charge in [-0.3, -0.25) is 0 Å². The minimum atomic E-state index is -0.249. The van der Waals surface area contributed by atoms with E-state index < -0.39 is 0 Å². The molecule has 27 heavy (non-hydrogen) atoms. The molecule has 0 atom stereocenters. The van der Waals surface area contributed by atoms with Gasteiger partial charge in [0.2, 0.25) is 0 Å². The molecule has 5 nitrogen and oxygen atoms in total. The average Bonchev–Trinajstić information content (AvgIpc) is 2.91. The van der Waals surface area contributed by atoms with Crippen molar-refractivity contribution in [3.8, 4) is 11.5 Å². The molecular formula is C21H25NO4S. The first-order valence-electron chi connectivity index (χ1n) is 9.09. The van der Waals surface area contributed by atoms with Gasteiger partial charge in [-0.05, 0) is 49.1 Å². The number of nitrogens with zero attached hydrogens (tertiary/aromatic N) is 1. The van der Waals surface area contributed by atoms with Crippen LogP contribution in [-0.2, 0) is 17.6 Å². The van der Waals surface area contributed by atoms with Gasteiger partial charge in [0.15, 0.2) is 11.5 Å². The maximum absolute atomic E-state index is 12.2. The van der Waals surface area contributed by atoms with Crippen LogP contribution >= 0.6 is 11.8 Å². The number of ether oxygens (including phenoxy) is 3. The summed E-state index contributed by atoms with van der Waals surface area (Å²) >= 11 is 1.67. The van der Waals surface area contributed by atoms with Crippen LogP contribution in [0.2, 0.25) is 0 Å². The van der Waals surface area contributed by atoms with E-state index >= 15 is 0 Å². The maximum atomic E-state index is 12.2. The van der Waals surface area contributed by atoms with Crippen LogP contribution in [0.4, 0.5) is 4.79 Å². The SMILES string of the molecule is CCOC(=O)N1CCc2cc(OC)c(OC)c(Sc3ccccc3)c2CC1. The van der Waals surface area contributed by atoms with E-state index in [-0.39, 0.29) is 6.09 Å². The van der Waals surface area contributed by atoms with E-state index in [4.69, 9.17) is 14.2 Å². The molecule has 0 saturated carbocycles. The molecule has 0 fully saturated rings. The van der Waals surface area contributed by atoms with Gasteiger partial charge in [-0.25, -0.2) is 4.79 Å². The second kappa shape index (κ2) is 9.04. The second-order valence-electron chi connectivity index (χ2n) is 6.18. The van der Waals surface area contributed by atoms with Gasteiger partial charge in [-0.15, -0.1) is 0 Å². The van der Waals surface area contributed by atoms with Crippen LogP contribution in [0.3, 0.4) is 0 Å². The molecule has 1 amide bonds. The maximum Gasteiger partial charge on any atom is 0.409 e. The van der Waals surface area contributed by atoms with Crippen molar-refractivity contribution >= 4 is 17.9 Å². The molecule has 0 N–H and O–H groups in total. The summed E-state index contributed by atoms with van der Waals surface area (Å²) in [5.74, 6) is 1.47. The minimum absolute atomic E-state index is 0.249. The molecule has 6 heteroatoms. The van der Waals surface area contributed by atoms with Crippen LogP contribution in [0, 0.1) is 0 Å². The third-order valence-electron chi connectivity index (χ3n) is 4.59. The van der Waals surface area contributed by atoms with Crippen molar-refractivity contribution in [2.75, 3.05) is 33.9 Å². The van der Waals surface area contributed by atoms with Gasteiger partial charge in [0, 0.05) is 18.0 Å². The van der Waals surface area contributed by atoms with E-state index in [1.165, 1.54) is 11.1 Å². The predicted octanol–water partition coefficient (Wildman–Crippen LogP) is 4.41. The van der Waals surface area contributed by atoms with Gasteiger partial charge in [0.25, 0.3) is 0 Å². The van der Waals surface area contributed by atoms with Crippen LogP contribution < -0.4 is 9.47 Å². The summed E-state index contributed by atoms with van der Waals surface area (Å²) < 4.78 is 16.5. The van der Waals surface area contributed by atoms with Gasteiger partial charge in [-0.2, -0.15) is 0 Å². The highest BCUT2D eigenvalue weighted by molar-refractivity contribution is 7.99. The molecule has 1 heterocycles. The van der Waals surface area contributed by atoms with E-state index in [9.17, 15) is 4.79 Å². The van der Waals surface area contributed by atoms with Crippen molar-refractivity contribution in [1.29, 1.82) is 0 Å². The van der Waals surface area contributed by atoms with Crippen LogP contribution in [0.25, 0.3) is 0 Å². The van der Waals surface area contributed by atoms with Gasteiger partial charge in [0.05, 0.1) is 25.7 Å². The Kier molecular flexibility index (Phi) is 6.50. The molecule has 2 aromatic carbocycles. The zero-order valence-corrected chi connectivity index (χ0v) is 16.8. The summed E-state index contributed by atoms with van der Waals surface area (Å²) in [6.45, 7) is 3.48. The molecule has 1 aliphatic heterocycles. The van der Waals surface area contributed by atoms with E-state index in [0.717, 1.165) is 34.1 Å². The zero-order chi connectivity index (χ0) is 19.2. The Labute approximate surface area is 164 Å². The molecule has 0 bridgehead atoms. The highest BCUT2D eigenvalue weighted by atomic mass is 32.2. The Balaban J connectivity index is 1.99. The third-order valence-corrected chi connectivity index (χ3v) is 5.74. The fourth-order valence-corrected chi connectivity index (χ4v) is 4.44. The van der Waals surface area contributed by atoms with E-state index in [2.05, 4.69) is 12.1 Å². The van der Waals surface area contributed by atoms with Crippen molar-refractivity contribution in [2.24, 2.45) is 0 Å². The lowest BCUT2D eigenvalue weighted by molar-refractivity contribution is 0.109. The fraction of sp³-hybridized carbons (Fsp3) is 0.381. The largest absolute Gasteiger partial charge is 0.493 e. The molecule has 0 aliphatic carbocycles. The van der Waals surface area contributed by atoms with Crippen LogP contribution in [0.1, 0.15) is 18.1 Å². The number of fused-ring (bicyclic) bond motifs is 1. The molecule has 0 unspecified atom stereocenters. The average molecular weight is 388 g/mol. The van der Waals surface area contributed by atoms with Crippen molar-refractivity contribution in [1.82, 2.24) is 4.90 Å². The lowest BCUT2D eigenvalue weighted by Crippen LogP contribution is -2.33. The number of carbonyl (C=O) groups excluding carboxylic acids is 1. The Morgan fingerprint density at radius 3 is 2.52 bits per heavy atom. The van der Waals surface area contributed by atoms with Crippen LogP contribution in [0.15, 0.2) is 46.2 Å². The number of methoxy groups -OCH3 is 2. The number of amides is 1. The summed E-state index contributed by atoms with van der Waals surface area (Å²) in [7, 11) is 3.32. The van der Waals surface area contributed by atoms with E-state index in [0.29, 0.717) is 19.7 Å². The van der Waals surface area contributed by atoms with Crippen LogP contribution in [0.5, 0.6) is 11.5 Å². The van der Waals surface area contributed by atoms with Crippen molar-refractivity contribution in [2.45, 2.75) is 29.6 Å². The number of hydrogen-bond acceptors (Lipinski definition) is 5. The lowest BCUT2D eigenvalue weighted by Gasteiger charge is -2.19. The minimum Gasteiger partial charge on any atom is -0.493 e. The molecule has 0 radical (unpaired) electrons. The molecule has 0 spiro atoms. The summed E-state index contributed by atoms with van der Waals surface area (Å²) in [6.07, 6.45) is 1.27. The number of hydrogen-bond donors (Lipinski definition) is 0. The first-order valence-corrected chi connectivity index (χ1v) is 9.90. The fourth-order valence-electron chi connectivity index (χ4n) is 3.27. The zero-order valence-electron chi connectivity index (χ0n) is 16.0. The molecule has 144 valence electrons. The number of carbonyl (C=O) groups is 1. The summed E-state index contributed by atoms with van der Waals surface area (Å²) in [5.41, 5.74) is 2.41. The predicted molar refractivity (Wildman–Crippen MR) is 106 cm³/mol. The summed E-state index contributed by atoms with van der Waals surface area (Å²) in [5, 5.41) is 0. The van der Waals surface area contributed by atoms with Crippen molar-refractivity contribution in [3.63, 3.8) is 0 Å².